The predicted octanol–water partition coefficient (Wildman–Crippen LogP) is 2.71. The molecule has 1 aromatic rings. The van der Waals surface area contributed by atoms with E-state index in [4.69, 9.17) is 16.3 Å². The van der Waals surface area contributed by atoms with Gasteiger partial charge in [0.05, 0.1) is 11.6 Å². The zero-order valence-corrected chi connectivity index (χ0v) is 17.4. The Morgan fingerprint density at radius 2 is 1.93 bits per heavy atom. The Morgan fingerprint density at radius 1 is 1.26 bits per heavy atom. The molecule has 27 heavy (non-hydrogen) atoms. The summed E-state index contributed by atoms with van der Waals surface area (Å²) >= 11 is 6.30. The summed E-state index contributed by atoms with van der Waals surface area (Å²) < 4.78 is 6.06. The van der Waals surface area contributed by atoms with Crippen LogP contribution in [-0.2, 0) is 4.79 Å². The van der Waals surface area contributed by atoms with Crippen LogP contribution in [0.4, 0.5) is 0 Å². The van der Waals surface area contributed by atoms with E-state index >= 15 is 0 Å². The molecule has 2 N–H and O–H groups in total. The van der Waals surface area contributed by atoms with Crippen molar-refractivity contribution < 1.29 is 14.3 Å². The van der Waals surface area contributed by atoms with Gasteiger partial charge < -0.3 is 20.3 Å². The maximum atomic E-state index is 12.1. The first-order chi connectivity index (χ1) is 12.7. The molecule has 6 nitrogen and oxygen atoms in total. The normalized spacial score (nSPS) is 16.0. The third-order valence-corrected chi connectivity index (χ3v) is 4.70. The van der Waals surface area contributed by atoms with Gasteiger partial charge in [0.2, 0.25) is 5.91 Å². The van der Waals surface area contributed by atoms with E-state index in [0.717, 1.165) is 32.5 Å². The Hall–Kier alpha value is -1.79. The minimum Gasteiger partial charge on any atom is -0.489 e. The molecule has 0 atom stereocenters. The fraction of sp³-hybridized carbons (Fsp3) is 0.600. The Labute approximate surface area is 166 Å². The van der Waals surface area contributed by atoms with Gasteiger partial charge in [-0.3, -0.25) is 9.59 Å². The average Bonchev–Trinajstić information content (AvgIpc) is 2.61. The van der Waals surface area contributed by atoms with Gasteiger partial charge in [0.1, 0.15) is 11.9 Å². The van der Waals surface area contributed by atoms with Crippen molar-refractivity contribution in [1.29, 1.82) is 0 Å². The van der Waals surface area contributed by atoms with Gasteiger partial charge in [-0.1, -0.05) is 32.4 Å². The number of benzene rings is 1. The number of likely N-dealkylation sites (tertiary alicyclic amines) is 1. The molecule has 1 aliphatic rings. The number of nitrogens with one attached hydrogen (secondary N) is 2. The maximum Gasteiger partial charge on any atom is 0.251 e. The topological polar surface area (TPSA) is 70.7 Å². The summed E-state index contributed by atoms with van der Waals surface area (Å²) in [4.78, 5) is 25.8. The van der Waals surface area contributed by atoms with Crippen molar-refractivity contribution >= 4 is 23.4 Å². The lowest BCUT2D eigenvalue weighted by molar-refractivity contribution is -0.119. The number of carbonyl (C=O) groups excluding carboxylic acids is 2. The van der Waals surface area contributed by atoms with E-state index in [-0.39, 0.29) is 24.5 Å². The number of rotatable bonds is 6. The molecule has 1 heterocycles. The largest absolute Gasteiger partial charge is 0.489 e. The van der Waals surface area contributed by atoms with E-state index in [1.165, 1.54) is 7.05 Å². The number of piperidine rings is 1. The Balaban J connectivity index is 1.87. The Morgan fingerprint density at radius 3 is 2.48 bits per heavy atom. The number of carbonyl (C=O) groups is 2. The second-order valence-electron chi connectivity index (χ2n) is 8.16. The van der Waals surface area contributed by atoms with Crippen LogP contribution in [0.25, 0.3) is 0 Å². The minimum atomic E-state index is -0.345. The average molecular weight is 396 g/mol. The van der Waals surface area contributed by atoms with Crippen molar-refractivity contribution in [3.8, 4) is 5.75 Å². The van der Waals surface area contributed by atoms with E-state index in [1.807, 2.05) is 0 Å². The molecule has 2 amide bonds. The summed E-state index contributed by atoms with van der Waals surface area (Å²) in [6, 6.07) is 4.96. The van der Waals surface area contributed by atoms with Crippen molar-refractivity contribution in [2.45, 2.75) is 39.7 Å². The summed E-state index contributed by atoms with van der Waals surface area (Å²) in [5, 5.41) is 5.40. The summed E-state index contributed by atoms with van der Waals surface area (Å²) in [5.41, 5.74) is 0.696. The number of hydrogen-bond acceptors (Lipinski definition) is 4. The van der Waals surface area contributed by atoms with Crippen LogP contribution in [0.1, 0.15) is 44.0 Å². The highest BCUT2D eigenvalue weighted by Crippen LogP contribution is 2.29. The fourth-order valence-corrected chi connectivity index (χ4v) is 3.35. The highest BCUT2D eigenvalue weighted by molar-refractivity contribution is 6.32. The third-order valence-electron chi connectivity index (χ3n) is 4.41. The molecule has 1 fully saturated rings. The summed E-state index contributed by atoms with van der Waals surface area (Å²) in [6.45, 7) is 9.79. The summed E-state index contributed by atoms with van der Waals surface area (Å²) in [5.74, 6) is -0.0106. The highest BCUT2D eigenvalue weighted by atomic mass is 35.5. The number of ether oxygens (including phenoxy) is 1. The molecule has 0 bridgehead atoms. The van der Waals surface area contributed by atoms with Gasteiger partial charge in [-0.05, 0) is 36.5 Å². The number of hydrogen-bond donors (Lipinski definition) is 2. The molecule has 0 saturated carbocycles. The van der Waals surface area contributed by atoms with Gasteiger partial charge in [-0.15, -0.1) is 0 Å². The summed E-state index contributed by atoms with van der Waals surface area (Å²) in [7, 11) is 1.52. The quantitative estimate of drug-likeness (QED) is 0.776. The molecule has 7 heteroatoms. The van der Waals surface area contributed by atoms with Crippen LogP contribution in [0.15, 0.2) is 18.2 Å². The van der Waals surface area contributed by atoms with Crippen LogP contribution in [0.3, 0.4) is 0 Å². The molecular formula is C20H30ClN3O3. The van der Waals surface area contributed by atoms with Crippen LogP contribution in [0.2, 0.25) is 5.02 Å². The van der Waals surface area contributed by atoms with Gasteiger partial charge in [-0.25, -0.2) is 0 Å². The molecular weight excluding hydrogens is 366 g/mol. The minimum absolute atomic E-state index is 0.0711. The molecule has 2 rings (SSSR count). The van der Waals surface area contributed by atoms with Gasteiger partial charge in [0.25, 0.3) is 5.91 Å². The van der Waals surface area contributed by atoms with Gasteiger partial charge in [0, 0.05) is 32.2 Å². The molecule has 0 unspecified atom stereocenters. The lowest BCUT2D eigenvalue weighted by Gasteiger charge is -2.36. The van der Waals surface area contributed by atoms with E-state index in [2.05, 4.69) is 36.3 Å². The number of likely N-dealkylation sites (N-methyl/N-ethyl adjacent to an activating group) is 1. The molecule has 0 spiro atoms. The Kier molecular flexibility index (Phi) is 7.50. The van der Waals surface area contributed by atoms with Crippen molar-refractivity contribution in [2.75, 3.05) is 33.2 Å². The van der Waals surface area contributed by atoms with Crippen molar-refractivity contribution in [3.05, 3.63) is 28.8 Å². The van der Waals surface area contributed by atoms with Gasteiger partial charge >= 0.3 is 0 Å². The molecule has 1 saturated heterocycles. The van der Waals surface area contributed by atoms with E-state index in [1.54, 1.807) is 18.2 Å². The van der Waals surface area contributed by atoms with Crippen molar-refractivity contribution in [2.24, 2.45) is 5.41 Å². The Bertz CT molecular complexity index is 665. The molecule has 1 aliphatic heterocycles. The van der Waals surface area contributed by atoms with Crippen LogP contribution in [0, 0.1) is 5.41 Å². The lowest BCUT2D eigenvalue weighted by atomic mass is 9.94. The zero-order valence-electron chi connectivity index (χ0n) is 16.6. The number of halogens is 1. The van der Waals surface area contributed by atoms with Crippen LogP contribution >= 0.6 is 11.6 Å². The number of amides is 2. The standard InChI is InChI=1S/C20H30ClN3O3/c1-20(2,3)13-24-9-7-15(8-10-24)27-17-6-5-14(11-16(17)21)19(26)23-12-18(25)22-4/h5-6,11,15H,7-10,12-13H2,1-4H3,(H,22,25)(H,23,26). The fourth-order valence-electron chi connectivity index (χ4n) is 3.12. The van der Waals surface area contributed by atoms with E-state index < -0.39 is 0 Å². The third kappa shape index (κ3) is 7.03. The van der Waals surface area contributed by atoms with E-state index in [9.17, 15) is 9.59 Å². The highest BCUT2D eigenvalue weighted by Gasteiger charge is 2.24. The molecule has 150 valence electrons. The summed E-state index contributed by atoms with van der Waals surface area (Å²) in [6.07, 6.45) is 2.05. The first kappa shape index (κ1) is 21.5. The number of nitrogens with zero attached hydrogens (tertiary/aromatic N) is 1. The van der Waals surface area contributed by atoms with Gasteiger partial charge in [-0.2, -0.15) is 0 Å². The molecule has 1 aromatic carbocycles. The first-order valence-electron chi connectivity index (χ1n) is 9.35. The molecule has 0 aromatic heterocycles. The van der Waals surface area contributed by atoms with Crippen LogP contribution in [0.5, 0.6) is 5.75 Å². The van der Waals surface area contributed by atoms with Gasteiger partial charge in [0.15, 0.2) is 0 Å². The zero-order chi connectivity index (χ0) is 20.0. The SMILES string of the molecule is CNC(=O)CNC(=O)c1ccc(OC2CCN(CC(C)(C)C)CC2)c(Cl)c1. The second kappa shape index (κ2) is 9.42. The second-order valence-corrected chi connectivity index (χ2v) is 8.56. The van der Waals surface area contributed by atoms with Crippen LogP contribution < -0.4 is 15.4 Å². The van der Waals surface area contributed by atoms with Crippen LogP contribution in [-0.4, -0.2) is 56.0 Å². The van der Waals surface area contributed by atoms with E-state index in [0.29, 0.717) is 21.8 Å². The van der Waals surface area contributed by atoms with Crippen molar-refractivity contribution in [1.82, 2.24) is 15.5 Å². The smallest absolute Gasteiger partial charge is 0.251 e. The maximum absolute atomic E-state index is 12.1. The van der Waals surface area contributed by atoms with Crippen molar-refractivity contribution in [3.63, 3.8) is 0 Å². The molecule has 0 aliphatic carbocycles. The molecule has 0 radical (unpaired) electrons. The first-order valence-corrected chi connectivity index (χ1v) is 9.73. The lowest BCUT2D eigenvalue weighted by Crippen LogP contribution is -2.42. The monoisotopic (exact) mass is 395 g/mol. The predicted molar refractivity (Wildman–Crippen MR) is 107 cm³/mol.